The Kier molecular flexibility index (Phi) is 6.72. The van der Waals surface area contributed by atoms with E-state index in [2.05, 4.69) is 175 Å². The number of benzene rings is 6. The first kappa shape index (κ1) is 33.1. The molecule has 1 N–H and O–H groups in total. The van der Waals surface area contributed by atoms with Crippen LogP contribution < -0.4 is 20.5 Å². The maximum Gasteiger partial charge on any atom is 0.212 e. The van der Waals surface area contributed by atoms with E-state index >= 15 is 0 Å². The summed E-state index contributed by atoms with van der Waals surface area (Å²) in [5.74, 6) is 0. The Morgan fingerprint density at radius 2 is 1.36 bits per heavy atom. The monoisotopic (exact) mass is 731 g/mol. The summed E-state index contributed by atoms with van der Waals surface area (Å²) in [5.41, 5.74) is 18.2. The number of aryl methyl sites for hydroxylation is 1. The van der Waals surface area contributed by atoms with Crippen molar-refractivity contribution in [2.45, 2.75) is 77.6 Å². The number of rotatable bonds is 2. The lowest BCUT2D eigenvalue weighted by atomic mass is 9.61. The second-order valence-electron chi connectivity index (χ2n) is 17.9. The van der Waals surface area contributed by atoms with Crippen molar-refractivity contribution in [3.8, 4) is 11.1 Å². The van der Waals surface area contributed by atoms with E-state index in [9.17, 15) is 0 Å². The first-order valence-corrected chi connectivity index (χ1v) is 20.5. The molecule has 4 heterocycles. The van der Waals surface area contributed by atoms with Gasteiger partial charge in [0, 0.05) is 54.5 Å². The van der Waals surface area contributed by atoms with Crippen molar-refractivity contribution in [3.63, 3.8) is 0 Å². The number of thiophene rings is 1. The first-order valence-electron chi connectivity index (χ1n) is 19.7. The van der Waals surface area contributed by atoms with Crippen LogP contribution in [0.5, 0.6) is 0 Å². The highest BCUT2D eigenvalue weighted by atomic mass is 32.1. The molecule has 0 bridgehead atoms. The number of anilines is 5. The van der Waals surface area contributed by atoms with Crippen LogP contribution in [0.1, 0.15) is 82.2 Å². The van der Waals surface area contributed by atoms with E-state index in [4.69, 9.17) is 4.42 Å². The van der Waals surface area contributed by atoms with Crippen LogP contribution in [0.15, 0.2) is 114 Å². The van der Waals surface area contributed by atoms with Crippen LogP contribution >= 0.6 is 11.3 Å². The molecule has 0 saturated heterocycles. The van der Waals surface area contributed by atoms with E-state index in [0.717, 1.165) is 44.4 Å². The molecule has 0 saturated carbocycles. The fourth-order valence-electron chi connectivity index (χ4n) is 10.1. The normalized spacial score (nSPS) is 17.2. The molecule has 0 atom stereocenters. The van der Waals surface area contributed by atoms with Gasteiger partial charge in [-0.3, -0.25) is 0 Å². The predicted molar refractivity (Wildman–Crippen MR) is 236 cm³/mol. The van der Waals surface area contributed by atoms with Gasteiger partial charge in [-0.2, -0.15) is 0 Å². The van der Waals surface area contributed by atoms with Gasteiger partial charge in [0.05, 0.1) is 11.4 Å². The minimum Gasteiger partial charge on any atom is -0.455 e. The highest BCUT2D eigenvalue weighted by Crippen LogP contribution is 2.54. The van der Waals surface area contributed by atoms with Crippen molar-refractivity contribution < 1.29 is 4.42 Å². The molecule has 2 aliphatic heterocycles. The second kappa shape index (κ2) is 11.2. The van der Waals surface area contributed by atoms with Crippen LogP contribution in [-0.2, 0) is 16.2 Å². The topological polar surface area (TPSA) is 28.4 Å². The molecule has 1 aliphatic carbocycles. The highest BCUT2D eigenvalue weighted by molar-refractivity contribution is 7.29. The predicted octanol–water partition coefficient (Wildman–Crippen LogP) is 12.9. The van der Waals surface area contributed by atoms with Crippen molar-refractivity contribution in [3.05, 3.63) is 137 Å². The van der Waals surface area contributed by atoms with E-state index in [0.29, 0.717) is 0 Å². The number of para-hydroxylation sites is 3. The molecule has 55 heavy (non-hydrogen) atoms. The molecule has 0 amide bonds. The Hall–Kier alpha value is -5.26. The molecule has 2 aromatic heterocycles. The number of hydrogen-bond donors (Lipinski definition) is 1. The van der Waals surface area contributed by atoms with Crippen LogP contribution in [0.2, 0.25) is 0 Å². The number of hydrogen-bond acceptors (Lipinski definition) is 4. The molecule has 269 valence electrons. The fourth-order valence-corrected chi connectivity index (χ4v) is 11.3. The van der Waals surface area contributed by atoms with Gasteiger partial charge in [-0.15, -0.1) is 11.3 Å². The molecule has 1 radical (unpaired) electrons. The molecular formula is C50H44BN2OS. The fraction of sp³-hybridized carbons (Fsp3) is 0.240. The van der Waals surface area contributed by atoms with Crippen molar-refractivity contribution in [2.75, 3.05) is 10.2 Å². The average molecular weight is 732 g/mol. The minimum atomic E-state index is -0.190. The molecular weight excluding hydrogens is 687 g/mol. The Bertz CT molecular complexity index is 2940. The quantitative estimate of drug-likeness (QED) is 0.180. The Labute approximate surface area is 328 Å². The molecule has 3 aliphatic rings. The second-order valence-corrected chi connectivity index (χ2v) is 19.0. The molecule has 8 aromatic rings. The number of nitrogens with zero attached hydrogens (tertiary/aromatic N) is 1. The van der Waals surface area contributed by atoms with E-state index in [1.165, 1.54) is 78.0 Å². The highest BCUT2D eigenvalue weighted by Gasteiger charge is 2.41. The van der Waals surface area contributed by atoms with Gasteiger partial charge >= 0.3 is 0 Å². The third-order valence-electron chi connectivity index (χ3n) is 13.3. The Morgan fingerprint density at radius 1 is 0.673 bits per heavy atom. The lowest BCUT2D eigenvalue weighted by molar-refractivity contribution is 0.332. The number of fused-ring (bicyclic) bond motifs is 10. The van der Waals surface area contributed by atoms with Gasteiger partial charge in [0.25, 0.3) is 0 Å². The van der Waals surface area contributed by atoms with Gasteiger partial charge in [0.1, 0.15) is 11.2 Å². The van der Waals surface area contributed by atoms with Gasteiger partial charge in [0.2, 0.25) is 7.28 Å². The first-order chi connectivity index (χ1) is 26.4. The van der Waals surface area contributed by atoms with Crippen LogP contribution in [0.25, 0.3) is 43.2 Å². The summed E-state index contributed by atoms with van der Waals surface area (Å²) in [7, 11) is 2.45. The Balaban J connectivity index is 1.27. The molecule has 3 nitrogen and oxygen atoms in total. The number of furan rings is 1. The van der Waals surface area contributed by atoms with Crippen molar-refractivity contribution in [1.29, 1.82) is 0 Å². The van der Waals surface area contributed by atoms with Crippen LogP contribution in [-0.4, -0.2) is 7.28 Å². The largest absolute Gasteiger partial charge is 0.455 e. The van der Waals surface area contributed by atoms with Gasteiger partial charge in [-0.1, -0.05) is 120 Å². The zero-order valence-electron chi connectivity index (χ0n) is 32.6. The maximum absolute atomic E-state index is 6.99. The summed E-state index contributed by atoms with van der Waals surface area (Å²) in [6, 6.07) is 40.6. The summed E-state index contributed by atoms with van der Waals surface area (Å²) in [5, 5.41) is 7.50. The molecule has 6 aromatic carbocycles. The summed E-state index contributed by atoms with van der Waals surface area (Å²) in [6.07, 6.45) is 2.36. The van der Waals surface area contributed by atoms with Crippen molar-refractivity contribution in [2.24, 2.45) is 0 Å². The maximum atomic E-state index is 6.99. The summed E-state index contributed by atoms with van der Waals surface area (Å²) < 4.78 is 9.56. The van der Waals surface area contributed by atoms with Crippen LogP contribution in [0, 0.1) is 6.92 Å². The third-order valence-corrected chi connectivity index (χ3v) is 14.4. The van der Waals surface area contributed by atoms with Gasteiger partial charge in [-0.05, 0) is 99.0 Å². The van der Waals surface area contributed by atoms with E-state index in [-0.39, 0.29) is 16.2 Å². The number of nitrogens with one attached hydrogen (secondary N) is 1. The van der Waals surface area contributed by atoms with E-state index in [1.54, 1.807) is 0 Å². The molecule has 5 heteroatoms. The lowest BCUT2D eigenvalue weighted by Crippen LogP contribution is -2.40. The van der Waals surface area contributed by atoms with Gasteiger partial charge in [0.15, 0.2) is 0 Å². The molecule has 11 rings (SSSR count). The standard InChI is InChI=1S/C50H44BN2OS/c1-28-25-35-36(49(4,5)24-23-48(35,2)3)27-38(28)53-39-26-32-29-15-8-12-21-40(29)54-46(32)42(43(39)51-47-45(53)30-16-9-13-22-41(30)55-47)31-17-14-19-34-44(31)52-37-20-11-10-18-33(37)50(34,6)7/h8-22,25-27,52H,23-24H2,1-7H3. The summed E-state index contributed by atoms with van der Waals surface area (Å²) >= 11 is 1.89. The van der Waals surface area contributed by atoms with E-state index in [1.807, 2.05) is 11.3 Å². The van der Waals surface area contributed by atoms with Crippen LogP contribution in [0.4, 0.5) is 28.4 Å². The smallest absolute Gasteiger partial charge is 0.212 e. The average Bonchev–Trinajstić information content (AvgIpc) is 3.73. The lowest BCUT2D eigenvalue weighted by Gasteiger charge is -2.43. The van der Waals surface area contributed by atoms with Crippen LogP contribution in [0.3, 0.4) is 0 Å². The van der Waals surface area contributed by atoms with Crippen molar-refractivity contribution in [1.82, 2.24) is 0 Å². The van der Waals surface area contributed by atoms with Gasteiger partial charge in [-0.25, -0.2) is 0 Å². The zero-order valence-corrected chi connectivity index (χ0v) is 33.5. The van der Waals surface area contributed by atoms with Gasteiger partial charge < -0.3 is 14.6 Å². The van der Waals surface area contributed by atoms with E-state index < -0.39 is 0 Å². The third kappa shape index (κ3) is 4.57. The molecule has 0 spiro atoms. The summed E-state index contributed by atoms with van der Waals surface area (Å²) in [4.78, 5) is 2.61. The zero-order chi connectivity index (χ0) is 37.6. The molecule has 0 fully saturated rings. The minimum absolute atomic E-state index is 0.0747. The van der Waals surface area contributed by atoms with Crippen molar-refractivity contribution >= 4 is 89.3 Å². The molecule has 0 unspecified atom stereocenters. The SMILES string of the molecule is Cc1cc2c(cc1N1c3cc4c(oc5ccccc54)c(-c4cccc5c4Nc4ccccc4C5(C)C)c3[B]c3sc4ccccc4c31)C(C)(C)CCC2(C)C. The Morgan fingerprint density at radius 3 is 2.18 bits per heavy atom. The summed E-state index contributed by atoms with van der Waals surface area (Å²) in [6.45, 7) is 16.8.